The molecule has 1 saturated carbocycles. The molecule has 3 rings (SSSR count). The van der Waals surface area contributed by atoms with Crippen LogP contribution in [0.2, 0.25) is 0 Å². The second-order valence-corrected chi connectivity index (χ2v) is 6.56. The number of carbonyl (C=O) groups is 1. The molecule has 2 atom stereocenters. The number of aliphatic hydroxyl groups is 1. The lowest BCUT2D eigenvalue weighted by molar-refractivity contribution is -0.312. The summed E-state index contributed by atoms with van der Waals surface area (Å²) in [6, 6.07) is 4.20. The Hall–Kier alpha value is -2.09. The number of amides is 1. The number of phenolic OH excluding ortho intramolecular Hbond substituents is 1. The van der Waals surface area contributed by atoms with Gasteiger partial charge >= 0.3 is 6.18 Å². The van der Waals surface area contributed by atoms with Crippen molar-refractivity contribution in [1.82, 2.24) is 5.01 Å². The van der Waals surface area contributed by atoms with Gasteiger partial charge in [0.2, 0.25) is 0 Å². The van der Waals surface area contributed by atoms with Gasteiger partial charge in [0.05, 0.1) is 11.5 Å². The van der Waals surface area contributed by atoms with E-state index in [0.717, 1.165) is 6.42 Å². The number of hydrazone groups is 1. The molecule has 1 aliphatic carbocycles. The lowest BCUT2D eigenvalue weighted by Crippen LogP contribution is -2.61. The summed E-state index contributed by atoms with van der Waals surface area (Å²) in [5.41, 5.74) is -3.16. The first-order valence-corrected chi connectivity index (χ1v) is 8.17. The molecule has 0 saturated heterocycles. The standard InChI is InChI=1S/C17H19F3N2O3/c1-10-6-5-7-11(14(10)23)15(24)22-16(25,17(18,19)20)12-8-3-2-4-9-13(12)21-22/h5-7,12,23,25H,2-4,8-9H2,1H3/t12-,16-/m0/s1. The highest BCUT2D eigenvalue weighted by Crippen LogP contribution is 2.48. The van der Waals surface area contributed by atoms with Crippen LogP contribution in [0.4, 0.5) is 13.2 Å². The fraction of sp³-hybridized carbons (Fsp3) is 0.529. The van der Waals surface area contributed by atoms with E-state index in [1.807, 2.05) is 0 Å². The molecule has 0 radical (unpaired) electrons. The molecule has 2 N–H and O–H groups in total. The van der Waals surface area contributed by atoms with Crippen molar-refractivity contribution in [3.05, 3.63) is 29.3 Å². The van der Waals surface area contributed by atoms with Gasteiger partial charge in [-0.25, -0.2) is 0 Å². The van der Waals surface area contributed by atoms with Crippen molar-refractivity contribution in [2.45, 2.75) is 50.9 Å². The van der Waals surface area contributed by atoms with E-state index in [0.29, 0.717) is 24.8 Å². The number of carbonyl (C=O) groups excluding carboxylic acids is 1. The molecule has 0 bridgehead atoms. The van der Waals surface area contributed by atoms with Gasteiger partial charge in [-0.15, -0.1) is 0 Å². The molecule has 136 valence electrons. The maximum atomic E-state index is 13.8. The van der Waals surface area contributed by atoms with Gasteiger partial charge < -0.3 is 10.2 Å². The minimum absolute atomic E-state index is 0.110. The van der Waals surface area contributed by atoms with Gasteiger partial charge in [-0.05, 0) is 37.8 Å². The first-order valence-electron chi connectivity index (χ1n) is 8.17. The van der Waals surface area contributed by atoms with Crippen molar-refractivity contribution in [1.29, 1.82) is 0 Å². The smallest absolute Gasteiger partial charge is 0.439 e. The van der Waals surface area contributed by atoms with Gasteiger partial charge in [-0.2, -0.15) is 23.3 Å². The van der Waals surface area contributed by atoms with Crippen LogP contribution in [0.25, 0.3) is 0 Å². The van der Waals surface area contributed by atoms with Crippen LogP contribution in [0.5, 0.6) is 5.75 Å². The number of halogens is 3. The SMILES string of the molecule is Cc1cccc(C(=O)N2N=C3CCCCC[C@@H]3[C@]2(O)C(F)(F)F)c1O. The topological polar surface area (TPSA) is 73.1 Å². The summed E-state index contributed by atoms with van der Waals surface area (Å²) >= 11 is 0. The average molecular weight is 356 g/mol. The third-order valence-corrected chi connectivity index (χ3v) is 4.94. The zero-order valence-electron chi connectivity index (χ0n) is 13.7. The molecule has 1 amide bonds. The highest BCUT2D eigenvalue weighted by Gasteiger charge is 2.68. The molecule has 8 heteroatoms. The van der Waals surface area contributed by atoms with Crippen LogP contribution < -0.4 is 0 Å². The number of benzene rings is 1. The predicted molar refractivity (Wildman–Crippen MR) is 84.0 cm³/mol. The number of aromatic hydroxyl groups is 1. The maximum Gasteiger partial charge on any atom is 0.439 e. The molecule has 2 aliphatic rings. The highest BCUT2D eigenvalue weighted by atomic mass is 19.4. The molecule has 25 heavy (non-hydrogen) atoms. The number of aryl methyl sites for hydroxylation is 1. The molecule has 1 aliphatic heterocycles. The summed E-state index contributed by atoms with van der Waals surface area (Å²) in [5.74, 6) is -2.85. The Kier molecular flexibility index (Phi) is 4.26. The van der Waals surface area contributed by atoms with E-state index in [4.69, 9.17) is 0 Å². The summed E-state index contributed by atoms with van der Waals surface area (Å²) in [6.45, 7) is 1.53. The molecule has 1 aromatic carbocycles. The summed E-state index contributed by atoms with van der Waals surface area (Å²) in [5, 5.41) is 24.6. The lowest BCUT2D eigenvalue weighted by atomic mass is 9.87. The van der Waals surface area contributed by atoms with E-state index >= 15 is 0 Å². The largest absolute Gasteiger partial charge is 0.507 e. The third kappa shape index (κ3) is 2.68. The molecule has 0 unspecified atom stereocenters. The summed E-state index contributed by atoms with van der Waals surface area (Å²) < 4.78 is 41.3. The molecular formula is C17H19F3N2O3. The molecule has 1 fully saturated rings. The lowest BCUT2D eigenvalue weighted by Gasteiger charge is -2.37. The fourth-order valence-corrected chi connectivity index (χ4v) is 3.54. The number of hydrogen-bond acceptors (Lipinski definition) is 4. The predicted octanol–water partition coefficient (Wildman–Crippen LogP) is 3.34. The van der Waals surface area contributed by atoms with E-state index in [1.54, 1.807) is 0 Å². The quantitative estimate of drug-likeness (QED) is 0.811. The molecule has 1 aromatic rings. The van der Waals surface area contributed by atoms with Gasteiger partial charge in [0.15, 0.2) is 0 Å². The molecule has 1 heterocycles. The number of rotatable bonds is 1. The Bertz CT molecular complexity index is 732. The van der Waals surface area contributed by atoms with Crippen LogP contribution >= 0.6 is 0 Å². The number of alkyl halides is 3. The van der Waals surface area contributed by atoms with Crippen LogP contribution in [-0.4, -0.2) is 38.7 Å². The van der Waals surface area contributed by atoms with Crippen molar-refractivity contribution in [3.63, 3.8) is 0 Å². The molecule has 5 nitrogen and oxygen atoms in total. The second-order valence-electron chi connectivity index (χ2n) is 6.56. The van der Waals surface area contributed by atoms with Gasteiger partial charge in [0.25, 0.3) is 11.6 Å². The number of para-hydroxylation sites is 1. The van der Waals surface area contributed by atoms with E-state index < -0.39 is 29.5 Å². The van der Waals surface area contributed by atoms with Gasteiger partial charge in [-0.1, -0.05) is 25.0 Å². The van der Waals surface area contributed by atoms with Crippen molar-refractivity contribution in [2.75, 3.05) is 0 Å². The highest BCUT2D eigenvalue weighted by molar-refractivity contribution is 6.01. The normalized spacial score (nSPS) is 26.8. The van der Waals surface area contributed by atoms with Crippen LogP contribution in [-0.2, 0) is 0 Å². The first kappa shape index (κ1) is 17.7. The number of fused-ring (bicyclic) bond motifs is 1. The van der Waals surface area contributed by atoms with E-state index in [1.165, 1.54) is 25.1 Å². The van der Waals surface area contributed by atoms with Crippen molar-refractivity contribution in [3.8, 4) is 5.75 Å². The number of phenols is 1. The second kappa shape index (κ2) is 6.01. The van der Waals surface area contributed by atoms with Crippen molar-refractivity contribution >= 4 is 11.6 Å². The monoisotopic (exact) mass is 356 g/mol. The molecular weight excluding hydrogens is 337 g/mol. The summed E-state index contributed by atoms with van der Waals surface area (Å²) in [4.78, 5) is 12.7. The number of hydrogen-bond donors (Lipinski definition) is 2. The molecule has 0 aromatic heterocycles. The number of nitrogens with zero attached hydrogens (tertiary/aromatic N) is 2. The van der Waals surface area contributed by atoms with Crippen molar-refractivity contribution in [2.24, 2.45) is 11.0 Å². The summed E-state index contributed by atoms with van der Waals surface area (Å²) in [6.07, 6.45) is -2.69. The van der Waals surface area contributed by atoms with Crippen LogP contribution in [0.1, 0.15) is 48.0 Å². The van der Waals surface area contributed by atoms with Crippen LogP contribution in [0.3, 0.4) is 0 Å². The minimum atomic E-state index is -5.07. The van der Waals surface area contributed by atoms with Crippen LogP contribution in [0.15, 0.2) is 23.3 Å². The fourth-order valence-electron chi connectivity index (χ4n) is 3.54. The van der Waals surface area contributed by atoms with E-state index in [2.05, 4.69) is 5.10 Å². The Morgan fingerprint density at radius 3 is 2.72 bits per heavy atom. The van der Waals surface area contributed by atoms with Gasteiger partial charge in [-0.3, -0.25) is 4.79 Å². The zero-order valence-corrected chi connectivity index (χ0v) is 13.7. The van der Waals surface area contributed by atoms with E-state index in [-0.39, 0.29) is 22.7 Å². The van der Waals surface area contributed by atoms with Gasteiger partial charge in [0.1, 0.15) is 5.75 Å². The Morgan fingerprint density at radius 2 is 2.04 bits per heavy atom. The summed E-state index contributed by atoms with van der Waals surface area (Å²) in [7, 11) is 0. The third-order valence-electron chi connectivity index (χ3n) is 4.94. The Morgan fingerprint density at radius 1 is 1.32 bits per heavy atom. The van der Waals surface area contributed by atoms with E-state index in [9.17, 15) is 28.2 Å². The zero-order chi connectivity index (χ0) is 18.4. The Labute approximate surface area is 142 Å². The van der Waals surface area contributed by atoms with Crippen molar-refractivity contribution < 1.29 is 28.2 Å². The average Bonchev–Trinajstić information content (AvgIpc) is 2.70. The Balaban J connectivity index is 2.09. The molecule has 0 spiro atoms. The van der Waals surface area contributed by atoms with Gasteiger partial charge in [0, 0.05) is 5.71 Å². The maximum absolute atomic E-state index is 13.8. The first-order chi connectivity index (χ1) is 11.7. The minimum Gasteiger partial charge on any atom is -0.507 e. The van der Waals surface area contributed by atoms with Crippen LogP contribution in [0, 0.1) is 12.8 Å².